The minimum atomic E-state index is -0.352. The van der Waals surface area contributed by atoms with Crippen LogP contribution in [0.5, 0.6) is 5.75 Å². The van der Waals surface area contributed by atoms with Crippen LogP contribution in [-0.4, -0.2) is 44.4 Å². The van der Waals surface area contributed by atoms with Gasteiger partial charge < -0.3 is 20.1 Å². The third-order valence-corrected chi connectivity index (χ3v) is 3.80. The van der Waals surface area contributed by atoms with Crippen molar-refractivity contribution < 1.29 is 13.9 Å². The first-order chi connectivity index (χ1) is 11.7. The fourth-order valence-electron chi connectivity index (χ4n) is 2.58. The van der Waals surface area contributed by atoms with E-state index < -0.39 is 0 Å². The zero-order valence-electron chi connectivity index (χ0n) is 14.6. The molecule has 1 aliphatic heterocycles. The molecule has 1 aromatic carbocycles. The first-order valence-electron chi connectivity index (χ1n) is 8.74. The van der Waals surface area contributed by atoms with E-state index in [0.29, 0.717) is 12.6 Å². The van der Waals surface area contributed by atoms with Crippen LogP contribution in [0.2, 0.25) is 0 Å². The van der Waals surface area contributed by atoms with E-state index in [2.05, 4.69) is 15.6 Å². The summed E-state index contributed by atoms with van der Waals surface area (Å²) in [5, 5.41) is 6.51. The quantitative estimate of drug-likeness (QED) is 0.566. The predicted molar refractivity (Wildman–Crippen MR) is 94.1 cm³/mol. The first-order valence-corrected chi connectivity index (χ1v) is 8.74. The molecule has 0 aliphatic carbocycles. The second-order valence-corrected chi connectivity index (χ2v) is 5.93. The zero-order valence-corrected chi connectivity index (χ0v) is 14.6. The Morgan fingerprint density at radius 1 is 1.42 bits per heavy atom. The van der Waals surface area contributed by atoms with E-state index in [1.807, 2.05) is 13.8 Å². The number of nitrogens with zero attached hydrogens (tertiary/aromatic N) is 1. The van der Waals surface area contributed by atoms with Gasteiger partial charge in [-0.15, -0.1) is 0 Å². The van der Waals surface area contributed by atoms with Gasteiger partial charge >= 0.3 is 0 Å². The largest absolute Gasteiger partial charge is 0.486 e. The molecule has 1 heterocycles. The van der Waals surface area contributed by atoms with Gasteiger partial charge in [-0.05, 0) is 45.2 Å². The van der Waals surface area contributed by atoms with E-state index >= 15 is 0 Å². The van der Waals surface area contributed by atoms with Gasteiger partial charge in [-0.2, -0.15) is 0 Å². The Bertz CT molecular complexity index is 519. The lowest BCUT2D eigenvalue weighted by Gasteiger charge is -2.16. The summed E-state index contributed by atoms with van der Waals surface area (Å²) in [7, 11) is 0. The highest BCUT2D eigenvalue weighted by atomic mass is 19.1. The number of ether oxygens (including phenoxy) is 2. The fourth-order valence-corrected chi connectivity index (χ4v) is 2.58. The van der Waals surface area contributed by atoms with Gasteiger partial charge in [-0.25, -0.2) is 9.38 Å². The molecular weight excluding hydrogens is 309 g/mol. The topological polar surface area (TPSA) is 54.9 Å². The van der Waals surface area contributed by atoms with Gasteiger partial charge in [0.2, 0.25) is 0 Å². The summed E-state index contributed by atoms with van der Waals surface area (Å²) in [5.74, 6) is 0.658. The highest BCUT2D eigenvalue weighted by Crippen LogP contribution is 2.17. The molecule has 2 atom stereocenters. The molecule has 1 aliphatic rings. The molecule has 1 fully saturated rings. The summed E-state index contributed by atoms with van der Waals surface area (Å²) in [6.07, 6.45) is 3.43. The highest BCUT2D eigenvalue weighted by Gasteiger charge is 2.15. The van der Waals surface area contributed by atoms with Crippen molar-refractivity contribution >= 4 is 5.96 Å². The predicted octanol–water partition coefficient (Wildman–Crippen LogP) is 2.72. The summed E-state index contributed by atoms with van der Waals surface area (Å²) in [5.41, 5.74) is 0. The molecule has 1 aromatic rings. The van der Waals surface area contributed by atoms with Gasteiger partial charge in [0.05, 0.1) is 12.6 Å². The van der Waals surface area contributed by atoms with E-state index in [9.17, 15) is 4.39 Å². The zero-order chi connectivity index (χ0) is 17.2. The number of guanidine groups is 1. The van der Waals surface area contributed by atoms with E-state index in [1.54, 1.807) is 18.2 Å². The standard InChI is InChI=1S/C18H28FN3O2/c1-3-20-18(21-11-10-15-7-6-12-23-15)22-13-14(2)24-17-9-5-4-8-16(17)19/h4-5,8-9,14-15H,3,6-7,10-13H2,1-2H3,(H2,20,21,22). The Kier molecular flexibility index (Phi) is 7.82. The third-order valence-electron chi connectivity index (χ3n) is 3.80. The van der Waals surface area contributed by atoms with E-state index in [4.69, 9.17) is 9.47 Å². The summed E-state index contributed by atoms with van der Waals surface area (Å²) >= 11 is 0. The van der Waals surface area contributed by atoms with Crippen LogP contribution in [0.4, 0.5) is 4.39 Å². The fraction of sp³-hybridized carbons (Fsp3) is 0.611. The molecule has 24 heavy (non-hydrogen) atoms. The van der Waals surface area contributed by atoms with Crippen LogP contribution in [0.15, 0.2) is 29.3 Å². The third kappa shape index (κ3) is 6.35. The summed E-state index contributed by atoms with van der Waals surface area (Å²) in [6.45, 7) is 6.84. The number of hydrogen-bond acceptors (Lipinski definition) is 3. The Balaban J connectivity index is 1.77. The van der Waals surface area contributed by atoms with Crippen LogP contribution in [0.3, 0.4) is 0 Å². The van der Waals surface area contributed by atoms with Gasteiger partial charge in [0.1, 0.15) is 6.10 Å². The summed E-state index contributed by atoms with van der Waals surface area (Å²) in [6, 6.07) is 6.42. The first kappa shape index (κ1) is 18.5. The maximum absolute atomic E-state index is 13.6. The van der Waals surface area contributed by atoms with Crippen molar-refractivity contribution in [2.45, 2.75) is 45.3 Å². The summed E-state index contributed by atoms with van der Waals surface area (Å²) in [4.78, 5) is 4.51. The maximum atomic E-state index is 13.6. The lowest BCUT2D eigenvalue weighted by atomic mass is 10.2. The highest BCUT2D eigenvalue weighted by molar-refractivity contribution is 5.79. The summed E-state index contributed by atoms with van der Waals surface area (Å²) < 4.78 is 24.8. The van der Waals surface area contributed by atoms with Crippen molar-refractivity contribution in [2.75, 3.05) is 26.2 Å². The van der Waals surface area contributed by atoms with E-state index in [0.717, 1.165) is 44.9 Å². The van der Waals surface area contributed by atoms with Crippen LogP contribution >= 0.6 is 0 Å². The number of aliphatic imine (C=N–C) groups is 1. The van der Waals surface area contributed by atoms with Gasteiger partial charge in [-0.1, -0.05) is 12.1 Å². The van der Waals surface area contributed by atoms with Crippen LogP contribution in [-0.2, 0) is 4.74 Å². The second-order valence-electron chi connectivity index (χ2n) is 5.93. The molecule has 0 aromatic heterocycles. The molecule has 0 spiro atoms. The minimum absolute atomic E-state index is 0.212. The van der Waals surface area contributed by atoms with Gasteiger partial charge in [0, 0.05) is 19.7 Å². The smallest absolute Gasteiger partial charge is 0.191 e. The number of halogens is 1. The van der Waals surface area contributed by atoms with Crippen LogP contribution in [0.25, 0.3) is 0 Å². The molecule has 1 saturated heterocycles. The van der Waals surface area contributed by atoms with Crippen molar-refractivity contribution in [3.63, 3.8) is 0 Å². The normalized spacial score (nSPS) is 19.1. The Morgan fingerprint density at radius 3 is 2.96 bits per heavy atom. The van der Waals surface area contributed by atoms with Crippen molar-refractivity contribution in [2.24, 2.45) is 4.99 Å². The second kappa shape index (κ2) is 10.1. The average Bonchev–Trinajstić information content (AvgIpc) is 3.08. The molecule has 2 rings (SSSR count). The molecule has 0 saturated carbocycles. The molecule has 0 radical (unpaired) electrons. The Morgan fingerprint density at radius 2 is 2.25 bits per heavy atom. The van der Waals surface area contributed by atoms with Crippen molar-refractivity contribution in [1.29, 1.82) is 0 Å². The molecule has 2 N–H and O–H groups in total. The lowest BCUT2D eigenvalue weighted by Crippen LogP contribution is -2.39. The number of hydrogen-bond donors (Lipinski definition) is 2. The molecular formula is C18H28FN3O2. The molecule has 134 valence electrons. The van der Waals surface area contributed by atoms with Crippen LogP contribution in [0, 0.1) is 5.82 Å². The van der Waals surface area contributed by atoms with Gasteiger partial charge in [-0.3, -0.25) is 0 Å². The van der Waals surface area contributed by atoms with Crippen molar-refractivity contribution in [3.05, 3.63) is 30.1 Å². The molecule has 6 heteroatoms. The van der Waals surface area contributed by atoms with Crippen LogP contribution < -0.4 is 15.4 Å². The molecule has 2 unspecified atom stereocenters. The van der Waals surface area contributed by atoms with E-state index in [1.165, 1.54) is 6.07 Å². The monoisotopic (exact) mass is 337 g/mol. The van der Waals surface area contributed by atoms with Gasteiger partial charge in [0.25, 0.3) is 0 Å². The van der Waals surface area contributed by atoms with E-state index in [-0.39, 0.29) is 17.7 Å². The number of para-hydroxylation sites is 1. The van der Waals surface area contributed by atoms with Crippen LogP contribution in [0.1, 0.15) is 33.1 Å². The Labute approximate surface area is 143 Å². The molecule has 0 bridgehead atoms. The maximum Gasteiger partial charge on any atom is 0.191 e. The average molecular weight is 337 g/mol. The Hall–Kier alpha value is -1.82. The lowest BCUT2D eigenvalue weighted by molar-refractivity contribution is 0.105. The molecule has 5 nitrogen and oxygen atoms in total. The number of rotatable bonds is 8. The van der Waals surface area contributed by atoms with Crippen molar-refractivity contribution in [1.82, 2.24) is 10.6 Å². The van der Waals surface area contributed by atoms with Crippen molar-refractivity contribution in [3.8, 4) is 5.75 Å². The molecule has 0 amide bonds. The minimum Gasteiger partial charge on any atom is -0.486 e. The van der Waals surface area contributed by atoms with Gasteiger partial charge in [0.15, 0.2) is 17.5 Å². The SMILES string of the molecule is CCNC(=NCC(C)Oc1ccccc1F)NCCC1CCCO1. The number of nitrogens with one attached hydrogen (secondary N) is 2. The number of benzene rings is 1.